The molecule has 1 amide bonds. The fourth-order valence-electron chi connectivity index (χ4n) is 4.15. The molecular formula is C25H26F4N6O2. The number of piperidine rings is 1. The summed E-state index contributed by atoms with van der Waals surface area (Å²) >= 11 is 0. The van der Waals surface area contributed by atoms with E-state index in [9.17, 15) is 22.4 Å². The molecule has 2 N–H and O–H groups in total. The van der Waals surface area contributed by atoms with Crippen LogP contribution in [-0.4, -0.2) is 47.9 Å². The largest absolute Gasteiger partial charge is 0.463 e. The third-order valence-electron chi connectivity index (χ3n) is 6.09. The van der Waals surface area contributed by atoms with Crippen molar-refractivity contribution >= 4 is 17.8 Å². The van der Waals surface area contributed by atoms with Gasteiger partial charge in [-0.2, -0.15) is 28.1 Å². The molecule has 4 rings (SSSR count). The number of carbonyl (C=O) groups is 1. The molecule has 1 aliphatic heterocycles. The van der Waals surface area contributed by atoms with Gasteiger partial charge >= 0.3 is 6.18 Å². The van der Waals surface area contributed by atoms with Crippen molar-refractivity contribution in [1.82, 2.24) is 20.3 Å². The Morgan fingerprint density at radius 1 is 1.08 bits per heavy atom. The van der Waals surface area contributed by atoms with Crippen LogP contribution in [0.3, 0.4) is 0 Å². The van der Waals surface area contributed by atoms with Crippen LogP contribution < -0.4 is 20.3 Å². The zero-order valence-electron chi connectivity index (χ0n) is 20.1. The van der Waals surface area contributed by atoms with Crippen LogP contribution in [0.15, 0.2) is 48.5 Å². The first kappa shape index (κ1) is 26.1. The lowest BCUT2D eigenvalue weighted by atomic mass is 9.96. The minimum atomic E-state index is -4.48. The van der Waals surface area contributed by atoms with Gasteiger partial charge < -0.3 is 20.3 Å². The van der Waals surface area contributed by atoms with Crippen molar-refractivity contribution in [2.45, 2.75) is 25.6 Å². The summed E-state index contributed by atoms with van der Waals surface area (Å²) in [5.41, 5.74) is -0.100. The van der Waals surface area contributed by atoms with E-state index in [0.717, 1.165) is 6.07 Å². The fraction of sp³-hybridized carbons (Fsp3) is 0.360. The van der Waals surface area contributed by atoms with E-state index in [1.165, 1.54) is 18.2 Å². The van der Waals surface area contributed by atoms with Gasteiger partial charge in [0, 0.05) is 38.2 Å². The lowest BCUT2D eigenvalue weighted by Crippen LogP contribution is -2.41. The second-order valence-corrected chi connectivity index (χ2v) is 8.45. The van der Waals surface area contributed by atoms with E-state index in [4.69, 9.17) is 4.74 Å². The normalized spacial score (nSPS) is 14.4. The van der Waals surface area contributed by atoms with E-state index in [2.05, 4.69) is 25.6 Å². The summed E-state index contributed by atoms with van der Waals surface area (Å²) in [7, 11) is 1.68. The number of halogens is 4. The van der Waals surface area contributed by atoms with Crippen molar-refractivity contribution in [2.75, 3.05) is 37.2 Å². The summed E-state index contributed by atoms with van der Waals surface area (Å²) in [6.07, 6.45) is -3.51. The lowest BCUT2D eigenvalue weighted by Gasteiger charge is -2.31. The maximum absolute atomic E-state index is 13.2. The molecule has 1 aromatic heterocycles. The van der Waals surface area contributed by atoms with Gasteiger partial charge in [0.05, 0.1) is 5.56 Å². The van der Waals surface area contributed by atoms with Crippen LogP contribution in [0.5, 0.6) is 5.75 Å². The smallest absolute Gasteiger partial charge is 0.416 e. The van der Waals surface area contributed by atoms with Crippen LogP contribution in [0.2, 0.25) is 0 Å². The van der Waals surface area contributed by atoms with Gasteiger partial charge in [-0.05, 0) is 36.6 Å². The zero-order chi connectivity index (χ0) is 26.4. The second kappa shape index (κ2) is 11.4. The Hall–Kier alpha value is -3.96. The number of rotatable bonds is 8. The summed E-state index contributed by atoms with van der Waals surface area (Å²) in [5.74, 6) is 0.867. The van der Waals surface area contributed by atoms with Gasteiger partial charge in [-0.3, -0.25) is 4.79 Å². The quantitative estimate of drug-likeness (QED) is 0.426. The molecule has 196 valence electrons. The number of alkyl halides is 4. The highest BCUT2D eigenvalue weighted by atomic mass is 19.4. The van der Waals surface area contributed by atoms with Gasteiger partial charge in [-0.25, -0.2) is 4.39 Å². The summed E-state index contributed by atoms with van der Waals surface area (Å²) in [4.78, 5) is 28.0. The molecule has 2 heterocycles. The average molecular weight is 519 g/mol. The highest BCUT2D eigenvalue weighted by molar-refractivity contribution is 5.79. The summed E-state index contributed by atoms with van der Waals surface area (Å²) in [5, 5.41) is 5.56. The van der Waals surface area contributed by atoms with Gasteiger partial charge in [0.15, 0.2) is 5.82 Å². The molecule has 0 atom stereocenters. The Kier molecular flexibility index (Phi) is 8.04. The monoisotopic (exact) mass is 518 g/mol. The molecule has 0 radical (unpaired) electrons. The first-order valence-electron chi connectivity index (χ1n) is 11.7. The predicted octanol–water partition coefficient (Wildman–Crippen LogP) is 4.44. The van der Waals surface area contributed by atoms with Gasteiger partial charge in [0.2, 0.25) is 24.7 Å². The number of hydrogen-bond donors (Lipinski definition) is 2. The van der Waals surface area contributed by atoms with Crippen LogP contribution in [0.25, 0.3) is 11.4 Å². The number of aromatic nitrogens is 3. The molecule has 3 aromatic rings. The lowest BCUT2D eigenvalue weighted by molar-refractivity contribution is -0.138. The Morgan fingerprint density at radius 2 is 1.84 bits per heavy atom. The number of nitrogens with one attached hydrogen (secondary N) is 2. The van der Waals surface area contributed by atoms with E-state index >= 15 is 0 Å². The van der Waals surface area contributed by atoms with Gasteiger partial charge in [0.25, 0.3) is 0 Å². The van der Waals surface area contributed by atoms with Gasteiger partial charge in [-0.1, -0.05) is 30.3 Å². The van der Waals surface area contributed by atoms with Crippen LogP contribution in [0.1, 0.15) is 24.0 Å². The molecule has 0 saturated carbocycles. The molecule has 2 aromatic carbocycles. The number of benzene rings is 2. The van der Waals surface area contributed by atoms with E-state index in [-0.39, 0.29) is 23.9 Å². The number of hydrogen-bond acceptors (Lipinski definition) is 7. The van der Waals surface area contributed by atoms with Crippen molar-refractivity contribution in [3.63, 3.8) is 0 Å². The number of anilines is 2. The molecule has 1 aliphatic rings. The van der Waals surface area contributed by atoms with Crippen LogP contribution in [-0.2, 0) is 17.5 Å². The van der Waals surface area contributed by atoms with Crippen LogP contribution in [0, 0.1) is 5.92 Å². The van der Waals surface area contributed by atoms with Crippen molar-refractivity contribution in [3.05, 3.63) is 59.7 Å². The molecule has 0 unspecified atom stereocenters. The second-order valence-electron chi connectivity index (χ2n) is 8.45. The van der Waals surface area contributed by atoms with Crippen molar-refractivity contribution in [2.24, 2.45) is 5.92 Å². The molecule has 1 fully saturated rings. The topological polar surface area (TPSA) is 92.3 Å². The molecule has 0 bridgehead atoms. The third kappa shape index (κ3) is 6.43. The highest BCUT2D eigenvalue weighted by Crippen LogP contribution is 2.32. The maximum Gasteiger partial charge on any atom is 0.416 e. The SMILES string of the molecule is CNc1nc(-c2cccc(OCF)c2)nc(N2CCC(C(=O)NCc3ccccc3C(F)(F)F)CC2)n1. The van der Waals surface area contributed by atoms with Crippen LogP contribution >= 0.6 is 0 Å². The minimum absolute atomic E-state index is 0.0269. The van der Waals surface area contributed by atoms with Crippen molar-refractivity contribution in [1.29, 1.82) is 0 Å². The first-order valence-corrected chi connectivity index (χ1v) is 11.7. The zero-order valence-corrected chi connectivity index (χ0v) is 20.1. The average Bonchev–Trinajstić information content (AvgIpc) is 2.91. The standard InChI is InChI=1S/C25H26F4N6O2/c1-30-23-32-21(17-6-4-7-19(13-17)37-15-26)33-24(34-23)35-11-9-16(10-12-35)22(36)31-14-18-5-2-3-8-20(18)25(27,28)29/h2-8,13,16H,9-12,14-15H2,1H3,(H,31,36)(H,30,32,33,34). The molecule has 37 heavy (non-hydrogen) atoms. The van der Waals surface area contributed by atoms with Crippen molar-refractivity contribution < 1.29 is 27.1 Å². The summed E-state index contributed by atoms with van der Waals surface area (Å²) < 4.78 is 57.1. The number of carbonyl (C=O) groups excluding carboxylic acids is 1. The van der Waals surface area contributed by atoms with E-state index in [1.807, 2.05) is 4.90 Å². The number of ether oxygens (including phenoxy) is 1. The highest BCUT2D eigenvalue weighted by Gasteiger charge is 2.33. The summed E-state index contributed by atoms with van der Waals surface area (Å²) in [6, 6.07) is 12.0. The first-order chi connectivity index (χ1) is 17.8. The fourth-order valence-corrected chi connectivity index (χ4v) is 4.15. The Balaban J connectivity index is 1.41. The van der Waals surface area contributed by atoms with E-state index in [0.29, 0.717) is 55.0 Å². The molecule has 12 heteroatoms. The Labute approximate surface area is 211 Å². The van der Waals surface area contributed by atoms with E-state index < -0.39 is 18.6 Å². The Morgan fingerprint density at radius 3 is 2.54 bits per heavy atom. The molecule has 1 saturated heterocycles. The third-order valence-corrected chi connectivity index (χ3v) is 6.09. The predicted molar refractivity (Wildman–Crippen MR) is 130 cm³/mol. The molecule has 0 aliphatic carbocycles. The molecule has 0 spiro atoms. The molecule has 8 nitrogen and oxygen atoms in total. The Bertz CT molecular complexity index is 1230. The van der Waals surface area contributed by atoms with Crippen LogP contribution in [0.4, 0.5) is 29.5 Å². The minimum Gasteiger partial charge on any atom is -0.463 e. The number of nitrogens with zero attached hydrogens (tertiary/aromatic N) is 4. The van der Waals surface area contributed by atoms with Gasteiger partial charge in [0.1, 0.15) is 5.75 Å². The maximum atomic E-state index is 13.2. The van der Waals surface area contributed by atoms with E-state index in [1.54, 1.807) is 31.3 Å². The van der Waals surface area contributed by atoms with Crippen molar-refractivity contribution in [3.8, 4) is 17.1 Å². The molecular weight excluding hydrogens is 492 g/mol. The number of amides is 1. The summed E-state index contributed by atoms with van der Waals surface area (Å²) in [6.45, 7) is -0.184. The van der Waals surface area contributed by atoms with Gasteiger partial charge in [-0.15, -0.1) is 0 Å².